The molecular formula is C29H25N. The highest BCUT2D eigenvalue weighted by Gasteiger charge is 2.43. The van der Waals surface area contributed by atoms with E-state index in [0.29, 0.717) is 5.41 Å². The number of hydrogen-bond acceptors (Lipinski definition) is 1. The van der Waals surface area contributed by atoms with Crippen LogP contribution in [0.3, 0.4) is 0 Å². The smallest absolute Gasteiger partial charge is 0.0708 e. The van der Waals surface area contributed by atoms with Crippen LogP contribution in [0.5, 0.6) is 0 Å². The Hall–Kier alpha value is -2.93. The third-order valence-corrected chi connectivity index (χ3v) is 7.88. The maximum absolute atomic E-state index is 4.96. The van der Waals surface area contributed by atoms with Crippen molar-refractivity contribution in [2.45, 2.75) is 44.9 Å². The van der Waals surface area contributed by atoms with Crippen molar-refractivity contribution in [3.05, 3.63) is 100 Å². The molecule has 3 aromatic carbocycles. The normalized spacial score (nSPS) is 18.0. The number of aryl methyl sites for hydroxylation is 2. The topological polar surface area (TPSA) is 12.9 Å². The molecule has 0 saturated heterocycles. The van der Waals surface area contributed by atoms with E-state index in [-0.39, 0.29) is 0 Å². The molecule has 0 saturated carbocycles. The van der Waals surface area contributed by atoms with Crippen molar-refractivity contribution in [1.82, 2.24) is 4.98 Å². The van der Waals surface area contributed by atoms with Crippen molar-refractivity contribution in [3.63, 3.8) is 0 Å². The molecule has 0 N–H and O–H groups in total. The number of fused-ring (bicyclic) bond motifs is 5. The Kier molecular flexibility index (Phi) is 3.39. The molecule has 0 radical (unpaired) electrons. The predicted octanol–water partition coefficient (Wildman–Crippen LogP) is 6.27. The third-order valence-electron chi connectivity index (χ3n) is 7.88. The Morgan fingerprint density at radius 1 is 0.667 bits per heavy atom. The molecule has 3 aliphatic rings. The van der Waals surface area contributed by atoms with Gasteiger partial charge in [0.25, 0.3) is 0 Å². The molecule has 0 bridgehead atoms. The lowest BCUT2D eigenvalue weighted by Gasteiger charge is -2.22. The van der Waals surface area contributed by atoms with E-state index in [1.54, 1.807) is 22.3 Å². The minimum absolute atomic E-state index is 0.349. The molecule has 7 rings (SSSR count). The molecule has 4 aromatic rings. The van der Waals surface area contributed by atoms with E-state index in [1.807, 2.05) is 0 Å². The van der Waals surface area contributed by atoms with Crippen LogP contribution in [0.15, 0.2) is 66.9 Å². The molecule has 3 aliphatic carbocycles. The van der Waals surface area contributed by atoms with Crippen LogP contribution in [0, 0.1) is 5.41 Å². The summed E-state index contributed by atoms with van der Waals surface area (Å²) in [6.07, 6.45) is 10.6. The van der Waals surface area contributed by atoms with E-state index in [2.05, 4.69) is 66.9 Å². The van der Waals surface area contributed by atoms with Gasteiger partial charge in [-0.2, -0.15) is 0 Å². The SMILES string of the molecule is c1ccc2c(c1)CC1(C2)Cc2c(-c3cc4c(cn3)CCC4)cc3ccccc3c2C1. The van der Waals surface area contributed by atoms with Crippen LogP contribution in [-0.4, -0.2) is 4.98 Å². The van der Waals surface area contributed by atoms with Crippen molar-refractivity contribution in [2.24, 2.45) is 5.41 Å². The van der Waals surface area contributed by atoms with Gasteiger partial charge < -0.3 is 0 Å². The van der Waals surface area contributed by atoms with E-state index < -0.39 is 0 Å². The van der Waals surface area contributed by atoms with E-state index in [9.17, 15) is 0 Å². The molecule has 1 aromatic heterocycles. The zero-order chi connectivity index (χ0) is 19.7. The van der Waals surface area contributed by atoms with Gasteiger partial charge in [0.05, 0.1) is 5.69 Å². The molecule has 1 heterocycles. The van der Waals surface area contributed by atoms with Crippen molar-refractivity contribution in [1.29, 1.82) is 0 Å². The molecule has 0 unspecified atom stereocenters. The lowest BCUT2D eigenvalue weighted by atomic mass is 9.81. The average molecular weight is 388 g/mol. The van der Waals surface area contributed by atoms with Gasteiger partial charge in [0.15, 0.2) is 0 Å². The first-order chi connectivity index (χ1) is 14.8. The summed E-state index contributed by atoms with van der Waals surface area (Å²) >= 11 is 0. The van der Waals surface area contributed by atoms with Crippen LogP contribution in [-0.2, 0) is 38.5 Å². The lowest BCUT2D eigenvalue weighted by Crippen LogP contribution is -2.21. The molecular weight excluding hydrogens is 362 g/mol. The Morgan fingerprint density at radius 3 is 2.27 bits per heavy atom. The fourth-order valence-corrected chi connectivity index (χ4v) is 6.53. The molecule has 1 heteroatoms. The number of pyridine rings is 1. The lowest BCUT2D eigenvalue weighted by molar-refractivity contribution is 0.327. The number of aromatic nitrogens is 1. The summed E-state index contributed by atoms with van der Waals surface area (Å²) in [5.41, 5.74) is 12.2. The Bertz CT molecular complexity index is 1300. The number of nitrogens with zero attached hydrogens (tertiary/aromatic N) is 1. The summed E-state index contributed by atoms with van der Waals surface area (Å²) in [5.74, 6) is 0. The highest BCUT2D eigenvalue weighted by Crippen LogP contribution is 2.51. The van der Waals surface area contributed by atoms with Gasteiger partial charge in [0, 0.05) is 11.8 Å². The Labute approximate surface area is 177 Å². The van der Waals surface area contributed by atoms with Crippen LogP contribution in [0.2, 0.25) is 0 Å². The van der Waals surface area contributed by atoms with E-state index >= 15 is 0 Å². The quantitative estimate of drug-likeness (QED) is 0.375. The van der Waals surface area contributed by atoms with Gasteiger partial charge in [0.1, 0.15) is 0 Å². The predicted molar refractivity (Wildman–Crippen MR) is 123 cm³/mol. The summed E-state index contributed by atoms with van der Waals surface area (Å²) < 4.78 is 0. The maximum atomic E-state index is 4.96. The van der Waals surface area contributed by atoms with Crippen molar-refractivity contribution in [3.8, 4) is 11.3 Å². The molecule has 1 spiro atoms. The van der Waals surface area contributed by atoms with Gasteiger partial charge in [-0.05, 0) is 107 Å². The second kappa shape index (κ2) is 6.04. The van der Waals surface area contributed by atoms with Crippen molar-refractivity contribution in [2.75, 3.05) is 0 Å². The number of rotatable bonds is 1. The second-order valence-electron chi connectivity index (χ2n) is 9.77. The standard InChI is InChI=1S/C29H25N/c1-2-8-22-15-29(14-21(22)7-1)16-26-24-11-4-3-6-20(24)12-25(27(26)17-29)28-13-19-9-5-10-23(19)18-30-28/h1-4,6-8,11-13,18H,5,9-10,14-17H2. The monoisotopic (exact) mass is 387 g/mol. The zero-order valence-corrected chi connectivity index (χ0v) is 17.2. The zero-order valence-electron chi connectivity index (χ0n) is 17.2. The summed E-state index contributed by atoms with van der Waals surface area (Å²) in [6.45, 7) is 0. The average Bonchev–Trinajstić information content (AvgIpc) is 3.48. The van der Waals surface area contributed by atoms with Gasteiger partial charge >= 0.3 is 0 Å². The molecule has 30 heavy (non-hydrogen) atoms. The van der Waals surface area contributed by atoms with Gasteiger partial charge in [-0.3, -0.25) is 4.98 Å². The first-order valence-corrected chi connectivity index (χ1v) is 11.4. The highest BCUT2D eigenvalue weighted by atomic mass is 14.7. The highest BCUT2D eigenvalue weighted by molar-refractivity contribution is 5.93. The minimum Gasteiger partial charge on any atom is -0.256 e. The first kappa shape index (κ1) is 16.8. The van der Waals surface area contributed by atoms with Crippen LogP contribution in [0.1, 0.15) is 39.8 Å². The summed E-state index contributed by atoms with van der Waals surface area (Å²) in [6, 6.07) is 22.9. The van der Waals surface area contributed by atoms with Gasteiger partial charge in [-0.1, -0.05) is 48.5 Å². The molecule has 146 valence electrons. The van der Waals surface area contributed by atoms with Gasteiger partial charge in [-0.15, -0.1) is 0 Å². The summed E-state index contributed by atoms with van der Waals surface area (Å²) in [4.78, 5) is 4.96. The summed E-state index contributed by atoms with van der Waals surface area (Å²) in [7, 11) is 0. The minimum atomic E-state index is 0.349. The molecule has 0 atom stereocenters. The third kappa shape index (κ3) is 2.38. The van der Waals surface area contributed by atoms with E-state index in [1.165, 1.54) is 78.1 Å². The van der Waals surface area contributed by atoms with Gasteiger partial charge in [0.2, 0.25) is 0 Å². The second-order valence-corrected chi connectivity index (χ2v) is 9.77. The Morgan fingerprint density at radius 2 is 1.40 bits per heavy atom. The first-order valence-electron chi connectivity index (χ1n) is 11.4. The largest absolute Gasteiger partial charge is 0.256 e. The summed E-state index contributed by atoms with van der Waals surface area (Å²) in [5, 5.41) is 2.81. The molecule has 1 nitrogen and oxygen atoms in total. The maximum Gasteiger partial charge on any atom is 0.0708 e. The Balaban J connectivity index is 1.41. The molecule has 0 aliphatic heterocycles. The van der Waals surface area contributed by atoms with Crippen molar-refractivity contribution >= 4 is 10.8 Å². The fourth-order valence-electron chi connectivity index (χ4n) is 6.53. The van der Waals surface area contributed by atoms with Crippen LogP contribution >= 0.6 is 0 Å². The van der Waals surface area contributed by atoms with Crippen molar-refractivity contribution < 1.29 is 0 Å². The van der Waals surface area contributed by atoms with Crippen LogP contribution in [0.25, 0.3) is 22.0 Å². The van der Waals surface area contributed by atoms with Gasteiger partial charge in [-0.25, -0.2) is 0 Å². The molecule has 0 amide bonds. The number of hydrogen-bond donors (Lipinski definition) is 0. The van der Waals surface area contributed by atoms with Crippen LogP contribution in [0.4, 0.5) is 0 Å². The number of benzene rings is 3. The molecule has 0 fully saturated rings. The van der Waals surface area contributed by atoms with E-state index in [0.717, 1.165) is 0 Å². The fraction of sp³-hybridized carbons (Fsp3) is 0.276. The van der Waals surface area contributed by atoms with Crippen LogP contribution < -0.4 is 0 Å². The van der Waals surface area contributed by atoms with E-state index in [4.69, 9.17) is 4.98 Å².